The summed E-state index contributed by atoms with van der Waals surface area (Å²) >= 11 is 0. The van der Waals surface area contributed by atoms with Gasteiger partial charge in [0.25, 0.3) is 5.69 Å². The Kier molecular flexibility index (Phi) is 4.97. The second kappa shape index (κ2) is 7.74. The standard InChI is InChI=1S/C20H17N3O7/c1-11-17(19(24)28-9-12-5-6-15-16(7-12)30-10-29-15)18(22-20(25)21-11)13-3-2-4-14(8-13)23(26)27/h2-8,18H,9-10H2,1H3,(H2,21,22,25)/t18-/m0/s1. The van der Waals surface area contributed by atoms with E-state index >= 15 is 0 Å². The number of fused-ring (bicyclic) bond motifs is 1. The summed E-state index contributed by atoms with van der Waals surface area (Å²) in [4.78, 5) is 35.4. The minimum Gasteiger partial charge on any atom is -0.457 e. The van der Waals surface area contributed by atoms with E-state index in [0.717, 1.165) is 0 Å². The monoisotopic (exact) mass is 411 g/mol. The molecule has 0 saturated carbocycles. The van der Waals surface area contributed by atoms with Crippen molar-refractivity contribution in [3.8, 4) is 11.5 Å². The average Bonchev–Trinajstić information content (AvgIpc) is 3.19. The summed E-state index contributed by atoms with van der Waals surface area (Å²) in [5.41, 5.74) is 1.42. The number of allylic oxidation sites excluding steroid dienone is 1. The Morgan fingerprint density at radius 2 is 2.03 bits per heavy atom. The first kappa shape index (κ1) is 19.2. The third-order valence-electron chi connectivity index (χ3n) is 4.71. The summed E-state index contributed by atoms with van der Waals surface area (Å²) in [6, 6.07) is 9.53. The first-order valence-corrected chi connectivity index (χ1v) is 9.00. The lowest BCUT2D eigenvalue weighted by molar-refractivity contribution is -0.384. The summed E-state index contributed by atoms with van der Waals surface area (Å²) in [5.74, 6) is 0.530. The molecule has 0 bridgehead atoms. The van der Waals surface area contributed by atoms with Crippen LogP contribution in [0.15, 0.2) is 53.7 Å². The van der Waals surface area contributed by atoms with Crippen LogP contribution in [0.5, 0.6) is 11.5 Å². The Morgan fingerprint density at radius 3 is 2.83 bits per heavy atom. The van der Waals surface area contributed by atoms with E-state index in [0.29, 0.717) is 28.3 Å². The minimum absolute atomic E-state index is 0.0259. The molecule has 2 aliphatic heterocycles. The molecule has 154 valence electrons. The van der Waals surface area contributed by atoms with Crippen LogP contribution in [0.1, 0.15) is 24.1 Å². The van der Waals surface area contributed by atoms with Gasteiger partial charge in [0.15, 0.2) is 11.5 Å². The molecule has 2 aromatic carbocycles. The predicted molar refractivity (Wildman–Crippen MR) is 103 cm³/mol. The normalized spacial score (nSPS) is 17.2. The maximum absolute atomic E-state index is 12.9. The van der Waals surface area contributed by atoms with Crippen LogP contribution in [0.4, 0.5) is 10.5 Å². The Bertz CT molecular complexity index is 1080. The lowest BCUT2D eigenvalue weighted by Gasteiger charge is -2.28. The smallest absolute Gasteiger partial charge is 0.338 e. The van der Waals surface area contributed by atoms with E-state index in [1.165, 1.54) is 18.2 Å². The van der Waals surface area contributed by atoms with Crippen LogP contribution in [0.2, 0.25) is 0 Å². The molecule has 0 fully saturated rings. The molecular weight excluding hydrogens is 394 g/mol. The molecular formula is C20H17N3O7. The number of carbonyl (C=O) groups excluding carboxylic acids is 2. The summed E-state index contributed by atoms with van der Waals surface area (Å²) in [6.07, 6.45) is 0. The van der Waals surface area contributed by atoms with Gasteiger partial charge < -0.3 is 24.8 Å². The number of ether oxygens (including phenoxy) is 3. The molecule has 10 nitrogen and oxygen atoms in total. The van der Waals surface area contributed by atoms with Gasteiger partial charge in [0.1, 0.15) is 6.61 Å². The number of nitrogens with zero attached hydrogens (tertiary/aromatic N) is 1. The van der Waals surface area contributed by atoms with Crippen LogP contribution in [-0.4, -0.2) is 23.7 Å². The number of non-ortho nitro benzene ring substituents is 1. The fourth-order valence-corrected chi connectivity index (χ4v) is 3.29. The highest BCUT2D eigenvalue weighted by Gasteiger charge is 2.33. The Morgan fingerprint density at radius 1 is 1.23 bits per heavy atom. The highest BCUT2D eigenvalue weighted by molar-refractivity contribution is 5.95. The highest BCUT2D eigenvalue weighted by Crippen LogP contribution is 2.33. The molecule has 0 saturated heterocycles. The molecule has 30 heavy (non-hydrogen) atoms. The number of hydrogen-bond donors (Lipinski definition) is 2. The van der Waals surface area contributed by atoms with Crippen LogP contribution in [0.3, 0.4) is 0 Å². The third-order valence-corrected chi connectivity index (χ3v) is 4.71. The fourth-order valence-electron chi connectivity index (χ4n) is 3.29. The number of urea groups is 1. The van der Waals surface area contributed by atoms with Crippen molar-refractivity contribution in [2.24, 2.45) is 0 Å². The van der Waals surface area contributed by atoms with Crippen molar-refractivity contribution >= 4 is 17.7 Å². The molecule has 2 aliphatic rings. The van der Waals surface area contributed by atoms with E-state index in [2.05, 4.69) is 10.6 Å². The van der Waals surface area contributed by atoms with Crippen LogP contribution in [0.25, 0.3) is 0 Å². The van der Waals surface area contributed by atoms with Crippen molar-refractivity contribution in [1.82, 2.24) is 10.6 Å². The SMILES string of the molecule is CC1=C(C(=O)OCc2ccc3c(c2)OCO3)[C@H](c2cccc([N+](=O)[O-])c2)NC(=O)N1. The fraction of sp³-hybridized carbons (Fsp3) is 0.200. The van der Waals surface area contributed by atoms with Gasteiger partial charge in [-0.25, -0.2) is 9.59 Å². The number of rotatable bonds is 5. The quantitative estimate of drug-likeness (QED) is 0.440. The van der Waals surface area contributed by atoms with E-state index in [1.54, 1.807) is 31.2 Å². The largest absolute Gasteiger partial charge is 0.457 e. The number of nitro benzene ring substituents is 1. The first-order valence-electron chi connectivity index (χ1n) is 9.00. The molecule has 2 heterocycles. The Hall–Kier alpha value is -4.08. The Labute approximate surface area is 170 Å². The zero-order valence-electron chi connectivity index (χ0n) is 15.8. The van der Waals surface area contributed by atoms with Crippen LogP contribution in [0, 0.1) is 10.1 Å². The number of carbonyl (C=O) groups is 2. The van der Waals surface area contributed by atoms with Crippen molar-refractivity contribution in [2.45, 2.75) is 19.6 Å². The average molecular weight is 411 g/mol. The van der Waals surface area contributed by atoms with E-state index in [-0.39, 0.29) is 24.7 Å². The maximum atomic E-state index is 12.9. The van der Waals surface area contributed by atoms with Crippen molar-refractivity contribution in [3.63, 3.8) is 0 Å². The third kappa shape index (κ3) is 3.75. The summed E-state index contributed by atoms with van der Waals surface area (Å²) in [5, 5.41) is 16.3. The van der Waals surface area contributed by atoms with Gasteiger partial charge in [-0.05, 0) is 30.2 Å². The van der Waals surface area contributed by atoms with Crippen LogP contribution < -0.4 is 20.1 Å². The molecule has 2 N–H and O–H groups in total. The number of nitrogens with one attached hydrogen (secondary N) is 2. The number of amides is 2. The van der Waals surface area contributed by atoms with Crippen molar-refractivity contribution in [1.29, 1.82) is 0 Å². The molecule has 0 spiro atoms. The summed E-state index contributed by atoms with van der Waals surface area (Å²) in [6.45, 7) is 1.68. The van der Waals surface area contributed by atoms with Gasteiger partial charge in [-0.3, -0.25) is 10.1 Å². The van der Waals surface area contributed by atoms with E-state index in [4.69, 9.17) is 14.2 Å². The molecule has 10 heteroatoms. The molecule has 2 aromatic rings. The molecule has 0 aromatic heterocycles. The van der Waals surface area contributed by atoms with Gasteiger partial charge in [-0.1, -0.05) is 18.2 Å². The number of nitro groups is 1. The summed E-state index contributed by atoms with van der Waals surface area (Å²) in [7, 11) is 0. The van der Waals surface area contributed by atoms with Gasteiger partial charge in [0.2, 0.25) is 6.79 Å². The van der Waals surface area contributed by atoms with Gasteiger partial charge in [-0.2, -0.15) is 0 Å². The van der Waals surface area contributed by atoms with Crippen LogP contribution >= 0.6 is 0 Å². The van der Waals surface area contributed by atoms with Crippen molar-refractivity contribution in [2.75, 3.05) is 6.79 Å². The molecule has 0 aliphatic carbocycles. The van der Waals surface area contributed by atoms with Gasteiger partial charge in [0.05, 0.1) is 16.5 Å². The topological polar surface area (TPSA) is 129 Å². The van der Waals surface area contributed by atoms with Crippen molar-refractivity contribution in [3.05, 3.63) is 75.0 Å². The zero-order valence-corrected chi connectivity index (χ0v) is 15.8. The van der Waals surface area contributed by atoms with Gasteiger partial charge in [-0.15, -0.1) is 0 Å². The van der Waals surface area contributed by atoms with E-state index in [1.807, 2.05) is 0 Å². The Balaban J connectivity index is 1.57. The molecule has 1 atom stereocenters. The molecule has 4 rings (SSSR count). The van der Waals surface area contributed by atoms with Gasteiger partial charge >= 0.3 is 12.0 Å². The number of esters is 1. The minimum atomic E-state index is -0.886. The number of benzene rings is 2. The van der Waals surface area contributed by atoms with E-state index in [9.17, 15) is 19.7 Å². The maximum Gasteiger partial charge on any atom is 0.338 e. The molecule has 0 unspecified atom stereocenters. The summed E-state index contributed by atoms with van der Waals surface area (Å²) < 4.78 is 16.0. The molecule has 0 radical (unpaired) electrons. The predicted octanol–water partition coefficient (Wildman–Crippen LogP) is 2.69. The number of hydrogen-bond acceptors (Lipinski definition) is 7. The van der Waals surface area contributed by atoms with E-state index < -0.39 is 23.0 Å². The van der Waals surface area contributed by atoms with Crippen molar-refractivity contribution < 1.29 is 28.7 Å². The van der Waals surface area contributed by atoms with Crippen LogP contribution in [-0.2, 0) is 16.1 Å². The zero-order chi connectivity index (χ0) is 21.3. The first-order chi connectivity index (χ1) is 14.4. The second-order valence-electron chi connectivity index (χ2n) is 6.69. The lowest BCUT2D eigenvalue weighted by Crippen LogP contribution is -2.45. The lowest BCUT2D eigenvalue weighted by atomic mass is 9.95. The molecule has 2 amide bonds. The highest BCUT2D eigenvalue weighted by atomic mass is 16.7. The van der Waals surface area contributed by atoms with Gasteiger partial charge in [0, 0.05) is 17.8 Å². The second-order valence-corrected chi connectivity index (χ2v) is 6.69.